The number of phenolic OH excluding ortho intramolecular Hbond substituents is 1. The molecule has 1 saturated carbocycles. The number of aliphatic hydroxyl groups is 1. The topological polar surface area (TPSA) is 40.5 Å². The number of rotatable bonds is 1. The van der Waals surface area contributed by atoms with Crippen LogP contribution in [-0.2, 0) is 11.8 Å². The van der Waals surface area contributed by atoms with Gasteiger partial charge in [-0.25, -0.2) is 0 Å². The highest BCUT2D eigenvalue weighted by Gasteiger charge is 2.47. The molecule has 4 rings (SSSR count). The third-order valence-electron chi connectivity index (χ3n) is 6.70. The van der Waals surface area contributed by atoms with Crippen molar-refractivity contribution in [1.82, 2.24) is 0 Å². The van der Waals surface area contributed by atoms with Crippen LogP contribution in [0.15, 0.2) is 23.3 Å². The molecule has 3 aliphatic rings. The Morgan fingerprint density at radius 1 is 1.27 bits per heavy atom. The zero-order chi connectivity index (χ0) is 15.5. The highest BCUT2D eigenvalue weighted by Crippen LogP contribution is 2.56. The number of fused-ring (bicyclic) bond motifs is 4. The molecule has 118 valence electrons. The number of hydrogen-bond acceptors (Lipinski definition) is 2. The zero-order valence-corrected chi connectivity index (χ0v) is 13.7. The van der Waals surface area contributed by atoms with Crippen molar-refractivity contribution >= 4 is 0 Å². The van der Waals surface area contributed by atoms with Gasteiger partial charge < -0.3 is 10.2 Å². The van der Waals surface area contributed by atoms with E-state index in [1.165, 1.54) is 24.0 Å². The second-order valence-electron chi connectivity index (χ2n) is 7.50. The summed E-state index contributed by atoms with van der Waals surface area (Å²) >= 11 is 0. The molecule has 0 spiro atoms. The van der Waals surface area contributed by atoms with Crippen LogP contribution in [0.2, 0.25) is 0 Å². The fraction of sp³-hybridized carbons (Fsp3) is 0.600. The van der Waals surface area contributed by atoms with Crippen molar-refractivity contribution in [2.45, 2.75) is 70.3 Å². The second kappa shape index (κ2) is 4.86. The molecule has 1 aromatic carbocycles. The quantitative estimate of drug-likeness (QED) is 0.764. The molecule has 2 nitrogen and oxygen atoms in total. The first-order chi connectivity index (χ1) is 10.6. The lowest BCUT2D eigenvalue weighted by Crippen LogP contribution is -2.37. The van der Waals surface area contributed by atoms with Gasteiger partial charge in [0, 0.05) is 5.41 Å². The minimum Gasteiger partial charge on any atom is -0.508 e. The molecule has 0 aromatic heterocycles. The summed E-state index contributed by atoms with van der Waals surface area (Å²) in [4.78, 5) is 0. The fourth-order valence-corrected chi connectivity index (χ4v) is 5.56. The minimum absolute atomic E-state index is 0.122. The third kappa shape index (κ3) is 1.76. The smallest absolute Gasteiger partial charge is 0.118 e. The van der Waals surface area contributed by atoms with Crippen molar-refractivity contribution in [2.75, 3.05) is 0 Å². The lowest BCUT2D eigenvalue weighted by atomic mass is 9.57. The summed E-state index contributed by atoms with van der Waals surface area (Å²) in [5.41, 5.74) is 7.30. The summed E-state index contributed by atoms with van der Waals surface area (Å²) < 4.78 is 0. The Balaban J connectivity index is 1.92. The van der Waals surface area contributed by atoms with E-state index in [-0.39, 0.29) is 11.5 Å². The van der Waals surface area contributed by atoms with Gasteiger partial charge in [0.05, 0.1) is 6.10 Å². The molecule has 0 bridgehead atoms. The Hall–Kier alpha value is -1.28. The molecule has 0 radical (unpaired) electrons. The van der Waals surface area contributed by atoms with Gasteiger partial charge in [-0.05, 0) is 80.5 Å². The Morgan fingerprint density at radius 2 is 2.09 bits per heavy atom. The maximum Gasteiger partial charge on any atom is 0.118 e. The van der Waals surface area contributed by atoms with E-state index in [0.717, 1.165) is 37.7 Å². The molecule has 2 heteroatoms. The van der Waals surface area contributed by atoms with Crippen molar-refractivity contribution in [2.24, 2.45) is 5.92 Å². The first kappa shape index (κ1) is 14.3. The van der Waals surface area contributed by atoms with E-state index in [0.29, 0.717) is 11.7 Å². The predicted octanol–water partition coefficient (Wildman–Crippen LogP) is 4.16. The van der Waals surface area contributed by atoms with Crippen LogP contribution in [0.4, 0.5) is 0 Å². The molecular formula is C20H26O2. The highest BCUT2D eigenvalue weighted by molar-refractivity contribution is 5.55. The Labute approximate surface area is 132 Å². The Morgan fingerprint density at radius 3 is 2.86 bits per heavy atom. The largest absolute Gasteiger partial charge is 0.508 e. The van der Waals surface area contributed by atoms with Crippen molar-refractivity contribution in [3.05, 3.63) is 40.0 Å². The molecular weight excluding hydrogens is 272 g/mol. The summed E-state index contributed by atoms with van der Waals surface area (Å²) in [6.07, 6.45) is 7.45. The van der Waals surface area contributed by atoms with E-state index < -0.39 is 0 Å². The maximum atomic E-state index is 10.1. The van der Waals surface area contributed by atoms with E-state index in [1.807, 2.05) is 6.07 Å². The van der Waals surface area contributed by atoms with Crippen LogP contribution in [0.3, 0.4) is 0 Å². The molecule has 22 heavy (non-hydrogen) atoms. The van der Waals surface area contributed by atoms with E-state index >= 15 is 0 Å². The monoisotopic (exact) mass is 298 g/mol. The first-order valence-electron chi connectivity index (χ1n) is 8.79. The highest BCUT2D eigenvalue weighted by atomic mass is 16.3. The molecule has 2 N–H and O–H groups in total. The SMILES string of the molecule is CCC12CCC3CC(O)CC3=C1CCc1c2ccc(O)c1C. The van der Waals surface area contributed by atoms with Crippen LogP contribution >= 0.6 is 0 Å². The molecule has 3 unspecified atom stereocenters. The summed E-state index contributed by atoms with van der Waals surface area (Å²) in [6, 6.07) is 4.06. The Kier molecular flexibility index (Phi) is 3.16. The normalized spacial score (nSPS) is 33.4. The average molecular weight is 298 g/mol. The zero-order valence-electron chi connectivity index (χ0n) is 13.7. The van der Waals surface area contributed by atoms with E-state index in [4.69, 9.17) is 0 Å². The van der Waals surface area contributed by atoms with Gasteiger partial charge >= 0.3 is 0 Å². The molecule has 1 aromatic rings. The number of phenols is 1. The number of hydrogen-bond donors (Lipinski definition) is 2. The Bertz CT molecular complexity index is 658. The van der Waals surface area contributed by atoms with Crippen molar-refractivity contribution in [3.8, 4) is 5.75 Å². The molecule has 1 fully saturated rings. The van der Waals surface area contributed by atoms with Crippen LogP contribution < -0.4 is 0 Å². The van der Waals surface area contributed by atoms with Gasteiger partial charge in [-0.3, -0.25) is 0 Å². The van der Waals surface area contributed by atoms with Crippen LogP contribution in [0.1, 0.15) is 62.1 Å². The van der Waals surface area contributed by atoms with Crippen molar-refractivity contribution in [3.63, 3.8) is 0 Å². The fourth-order valence-electron chi connectivity index (χ4n) is 5.56. The summed E-state index contributed by atoms with van der Waals surface area (Å²) in [7, 11) is 0. The standard InChI is InChI=1S/C20H26O2/c1-3-20-9-8-13-10-14(21)11-16(13)18(20)5-4-15-12(2)19(22)7-6-17(15)20/h6-7,13-14,21-22H,3-5,8-11H2,1-2H3. The van der Waals surface area contributed by atoms with Gasteiger partial charge in [0.25, 0.3) is 0 Å². The second-order valence-corrected chi connectivity index (χ2v) is 7.50. The van der Waals surface area contributed by atoms with Gasteiger partial charge in [0.1, 0.15) is 5.75 Å². The predicted molar refractivity (Wildman–Crippen MR) is 88.1 cm³/mol. The van der Waals surface area contributed by atoms with Crippen LogP contribution in [0, 0.1) is 12.8 Å². The molecule has 3 aliphatic carbocycles. The average Bonchev–Trinajstić information content (AvgIpc) is 2.90. The summed E-state index contributed by atoms with van der Waals surface area (Å²) in [5.74, 6) is 1.07. The molecule has 0 aliphatic heterocycles. The summed E-state index contributed by atoms with van der Waals surface area (Å²) in [5, 5.41) is 20.2. The third-order valence-corrected chi connectivity index (χ3v) is 6.70. The van der Waals surface area contributed by atoms with Crippen LogP contribution in [0.5, 0.6) is 5.75 Å². The minimum atomic E-state index is -0.122. The van der Waals surface area contributed by atoms with Crippen LogP contribution in [-0.4, -0.2) is 16.3 Å². The lowest BCUT2D eigenvalue weighted by Gasteiger charge is -2.47. The summed E-state index contributed by atoms with van der Waals surface area (Å²) in [6.45, 7) is 4.37. The first-order valence-corrected chi connectivity index (χ1v) is 8.79. The van der Waals surface area contributed by atoms with E-state index in [2.05, 4.69) is 19.9 Å². The van der Waals surface area contributed by atoms with E-state index in [1.54, 1.807) is 11.1 Å². The van der Waals surface area contributed by atoms with Gasteiger partial charge in [-0.15, -0.1) is 0 Å². The lowest BCUT2D eigenvalue weighted by molar-refractivity contribution is 0.177. The number of aliphatic hydroxyl groups excluding tert-OH is 1. The molecule has 0 heterocycles. The van der Waals surface area contributed by atoms with E-state index in [9.17, 15) is 10.2 Å². The van der Waals surface area contributed by atoms with Gasteiger partial charge in [-0.1, -0.05) is 24.1 Å². The number of aromatic hydroxyl groups is 1. The van der Waals surface area contributed by atoms with Gasteiger partial charge in [0.2, 0.25) is 0 Å². The van der Waals surface area contributed by atoms with Crippen molar-refractivity contribution < 1.29 is 10.2 Å². The van der Waals surface area contributed by atoms with Gasteiger partial charge in [-0.2, -0.15) is 0 Å². The van der Waals surface area contributed by atoms with Crippen LogP contribution in [0.25, 0.3) is 0 Å². The maximum absolute atomic E-state index is 10.1. The number of allylic oxidation sites excluding steroid dienone is 1. The molecule has 0 amide bonds. The van der Waals surface area contributed by atoms with Gasteiger partial charge in [0.15, 0.2) is 0 Å². The number of benzene rings is 1. The van der Waals surface area contributed by atoms with Crippen molar-refractivity contribution in [1.29, 1.82) is 0 Å². The molecule has 3 atom stereocenters. The molecule has 0 saturated heterocycles.